The quantitative estimate of drug-likeness (QED) is 0.837. The van der Waals surface area contributed by atoms with Crippen molar-refractivity contribution in [2.45, 2.75) is 25.8 Å². The first kappa shape index (κ1) is 16.1. The molecule has 0 saturated heterocycles. The van der Waals surface area contributed by atoms with Gasteiger partial charge in [-0.05, 0) is 37.5 Å². The monoisotopic (exact) mass is 307 g/mol. The summed E-state index contributed by atoms with van der Waals surface area (Å²) in [7, 11) is 3.15. The molecule has 120 valence electrons. The Morgan fingerprint density at radius 1 is 1.23 bits per heavy atom. The van der Waals surface area contributed by atoms with Crippen molar-refractivity contribution in [3.8, 4) is 11.5 Å². The number of carboxylic acids is 1. The molecule has 2 rings (SSSR count). The molecule has 6 nitrogen and oxygen atoms in total. The zero-order valence-electron chi connectivity index (χ0n) is 12.8. The number of carbonyl (C=O) groups excluding carboxylic acids is 1. The van der Waals surface area contributed by atoms with Crippen LogP contribution < -0.4 is 14.8 Å². The largest absolute Gasteiger partial charge is 0.497 e. The number of benzene rings is 1. The second kappa shape index (κ2) is 7.15. The summed E-state index contributed by atoms with van der Waals surface area (Å²) >= 11 is 0. The first-order chi connectivity index (χ1) is 10.5. The first-order valence-corrected chi connectivity index (χ1v) is 7.26. The number of carboxylic acid groups (broad SMARTS) is 1. The van der Waals surface area contributed by atoms with Crippen LogP contribution in [0.15, 0.2) is 18.2 Å². The molecule has 1 fully saturated rings. The molecule has 0 unspecified atom stereocenters. The second-order valence-electron chi connectivity index (χ2n) is 5.44. The maximum Gasteiger partial charge on any atom is 0.306 e. The number of nitrogens with one attached hydrogen (secondary N) is 1. The average molecular weight is 307 g/mol. The van der Waals surface area contributed by atoms with Crippen LogP contribution in [0.2, 0.25) is 0 Å². The Labute approximate surface area is 129 Å². The van der Waals surface area contributed by atoms with Gasteiger partial charge in [-0.1, -0.05) is 0 Å². The molecule has 2 N–H and O–H groups in total. The molecule has 2 atom stereocenters. The molecule has 1 aliphatic rings. The molecule has 1 saturated carbocycles. The van der Waals surface area contributed by atoms with Crippen molar-refractivity contribution < 1.29 is 24.2 Å². The number of amides is 1. The van der Waals surface area contributed by atoms with E-state index in [0.717, 1.165) is 5.56 Å². The Bertz CT molecular complexity index is 557. The summed E-state index contributed by atoms with van der Waals surface area (Å²) in [6.07, 6.45) is 1.60. The van der Waals surface area contributed by atoms with Crippen LogP contribution in [0, 0.1) is 11.8 Å². The van der Waals surface area contributed by atoms with E-state index in [1.165, 1.54) is 0 Å². The van der Waals surface area contributed by atoms with Crippen LogP contribution in [0.25, 0.3) is 0 Å². The van der Waals surface area contributed by atoms with Crippen LogP contribution in [-0.2, 0) is 16.1 Å². The van der Waals surface area contributed by atoms with Gasteiger partial charge in [0, 0.05) is 18.0 Å². The van der Waals surface area contributed by atoms with Crippen molar-refractivity contribution in [2.24, 2.45) is 11.8 Å². The van der Waals surface area contributed by atoms with E-state index >= 15 is 0 Å². The van der Waals surface area contributed by atoms with Gasteiger partial charge < -0.3 is 19.9 Å². The van der Waals surface area contributed by atoms with Crippen LogP contribution >= 0.6 is 0 Å². The molecule has 0 bridgehead atoms. The van der Waals surface area contributed by atoms with Crippen LogP contribution in [0.3, 0.4) is 0 Å². The smallest absolute Gasteiger partial charge is 0.306 e. The van der Waals surface area contributed by atoms with Gasteiger partial charge in [-0.3, -0.25) is 9.59 Å². The standard InChI is InChI=1S/C16H21NO5/c1-21-13-5-6-14(22-2)12(8-13)9-17-15(18)10-3-4-11(7-10)16(19)20/h5-6,8,10-11H,3-4,7,9H2,1-2H3,(H,17,18)(H,19,20)/t10-,11+/m0/s1. The molecular formula is C16H21NO5. The minimum Gasteiger partial charge on any atom is -0.497 e. The van der Waals surface area contributed by atoms with Crippen LogP contribution in [0.1, 0.15) is 24.8 Å². The fraction of sp³-hybridized carbons (Fsp3) is 0.500. The number of hydrogen-bond donors (Lipinski definition) is 2. The number of carbonyl (C=O) groups is 2. The third-order valence-electron chi connectivity index (χ3n) is 4.09. The normalized spacial score (nSPS) is 20.5. The van der Waals surface area contributed by atoms with E-state index in [-0.39, 0.29) is 11.8 Å². The lowest BCUT2D eigenvalue weighted by atomic mass is 10.0. The Morgan fingerprint density at radius 3 is 2.55 bits per heavy atom. The third-order valence-corrected chi connectivity index (χ3v) is 4.09. The van der Waals surface area contributed by atoms with Gasteiger partial charge in [0.25, 0.3) is 0 Å². The molecular weight excluding hydrogens is 286 g/mol. The van der Waals surface area contributed by atoms with Crippen LogP contribution in [0.4, 0.5) is 0 Å². The molecule has 1 aromatic carbocycles. The minimum absolute atomic E-state index is 0.103. The molecule has 6 heteroatoms. The Morgan fingerprint density at radius 2 is 1.95 bits per heavy atom. The third kappa shape index (κ3) is 3.69. The van der Waals surface area contributed by atoms with Crippen LogP contribution in [0.5, 0.6) is 11.5 Å². The zero-order chi connectivity index (χ0) is 16.1. The van der Waals surface area contributed by atoms with Crippen molar-refractivity contribution in [2.75, 3.05) is 14.2 Å². The number of ether oxygens (including phenoxy) is 2. The van der Waals surface area contributed by atoms with E-state index in [1.807, 2.05) is 6.07 Å². The van der Waals surface area contributed by atoms with Crippen molar-refractivity contribution >= 4 is 11.9 Å². The molecule has 1 aromatic rings. The van der Waals surface area contributed by atoms with E-state index in [2.05, 4.69) is 5.32 Å². The van der Waals surface area contributed by atoms with Crippen molar-refractivity contribution in [1.29, 1.82) is 0 Å². The summed E-state index contributed by atoms with van der Waals surface area (Å²) in [6.45, 7) is 0.327. The fourth-order valence-electron chi connectivity index (χ4n) is 2.79. The van der Waals surface area contributed by atoms with E-state index < -0.39 is 11.9 Å². The highest BCUT2D eigenvalue weighted by Crippen LogP contribution is 2.31. The SMILES string of the molecule is COc1ccc(OC)c(CNC(=O)[C@H]2CC[C@@H](C(=O)O)C2)c1. The molecule has 1 amide bonds. The van der Waals surface area contributed by atoms with E-state index in [0.29, 0.717) is 37.3 Å². The Balaban J connectivity index is 1.95. The number of methoxy groups -OCH3 is 2. The topological polar surface area (TPSA) is 84.9 Å². The summed E-state index contributed by atoms with van der Waals surface area (Å²) < 4.78 is 10.4. The lowest BCUT2D eigenvalue weighted by Gasteiger charge is -2.14. The van der Waals surface area contributed by atoms with E-state index in [4.69, 9.17) is 14.6 Å². The number of hydrogen-bond acceptors (Lipinski definition) is 4. The summed E-state index contributed by atoms with van der Waals surface area (Å²) in [4.78, 5) is 23.1. The molecule has 22 heavy (non-hydrogen) atoms. The summed E-state index contributed by atoms with van der Waals surface area (Å²) in [5.74, 6) is -0.175. The molecule has 0 radical (unpaired) electrons. The zero-order valence-corrected chi connectivity index (χ0v) is 12.8. The summed E-state index contributed by atoms with van der Waals surface area (Å²) in [5.41, 5.74) is 0.822. The van der Waals surface area contributed by atoms with Gasteiger partial charge in [-0.25, -0.2) is 0 Å². The summed E-state index contributed by atoms with van der Waals surface area (Å²) in [6, 6.07) is 5.39. The van der Waals surface area contributed by atoms with E-state index in [1.54, 1.807) is 26.4 Å². The van der Waals surface area contributed by atoms with Gasteiger partial charge in [0.05, 0.1) is 20.1 Å². The van der Waals surface area contributed by atoms with Crippen LogP contribution in [-0.4, -0.2) is 31.2 Å². The predicted molar refractivity (Wildman–Crippen MR) is 79.9 cm³/mol. The molecule has 1 aliphatic carbocycles. The van der Waals surface area contributed by atoms with Gasteiger partial charge in [0.1, 0.15) is 11.5 Å². The second-order valence-corrected chi connectivity index (χ2v) is 5.44. The van der Waals surface area contributed by atoms with Gasteiger partial charge >= 0.3 is 5.97 Å². The fourth-order valence-corrected chi connectivity index (χ4v) is 2.79. The highest BCUT2D eigenvalue weighted by atomic mass is 16.5. The van der Waals surface area contributed by atoms with Gasteiger partial charge in [-0.2, -0.15) is 0 Å². The lowest BCUT2D eigenvalue weighted by molar-refractivity contribution is -0.141. The van der Waals surface area contributed by atoms with Gasteiger partial charge in [-0.15, -0.1) is 0 Å². The molecule has 0 spiro atoms. The van der Waals surface area contributed by atoms with E-state index in [9.17, 15) is 9.59 Å². The maximum absolute atomic E-state index is 12.2. The summed E-state index contributed by atoms with van der Waals surface area (Å²) in [5, 5.41) is 11.8. The van der Waals surface area contributed by atoms with Crippen molar-refractivity contribution in [3.05, 3.63) is 23.8 Å². The Kier molecular flexibility index (Phi) is 5.25. The highest BCUT2D eigenvalue weighted by molar-refractivity contribution is 5.80. The van der Waals surface area contributed by atoms with Gasteiger partial charge in [0.2, 0.25) is 5.91 Å². The average Bonchev–Trinajstić information content (AvgIpc) is 3.02. The maximum atomic E-state index is 12.2. The number of aliphatic carboxylic acids is 1. The molecule has 0 aromatic heterocycles. The lowest BCUT2D eigenvalue weighted by Crippen LogP contribution is -2.29. The van der Waals surface area contributed by atoms with Crippen molar-refractivity contribution in [1.82, 2.24) is 5.32 Å². The first-order valence-electron chi connectivity index (χ1n) is 7.26. The van der Waals surface area contributed by atoms with Crippen molar-refractivity contribution in [3.63, 3.8) is 0 Å². The molecule has 0 heterocycles. The molecule has 0 aliphatic heterocycles. The minimum atomic E-state index is -0.815. The van der Waals surface area contributed by atoms with Gasteiger partial charge in [0.15, 0.2) is 0 Å². The highest BCUT2D eigenvalue weighted by Gasteiger charge is 2.33. The Hall–Kier alpha value is -2.24. The predicted octanol–water partition coefficient (Wildman–Crippen LogP) is 1.82. The number of rotatable bonds is 6.